The van der Waals surface area contributed by atoms with Crippen molar-refractivity contribution in [1.29, 1.82) is 0 Å². The van der Waals surface area contributed by atoms with E-state index < -0.39 is 0 Å². The van der Waals surface area contributed by atoms with Gasteiger partial charge in [-0.05, 0) is 41.8 Å². The highest BCUT2D eigenvalue weighted by Crippen LogP contribution is 2.24. The Bertz CT molecular complexity index is 1170. The number of aryl methyl sites for hydroxylation is 1. The molecule has 4 rings (SSSR count). The molecule has 0 saturated heterocycles. The van der Waals surface area contributed by atoms with Crippen LogP contribution < -0.4 is 5.32 Å². The number of rotatable bonds is 7. The normalized spacial score (nSPS) is 11.0. The Morgan fingerprint density at radius 3 is 2.47 bits per heavy atom. The van der Waals surface area contributed by atoms with E-state index in [4.69, 9.17) is 28.2 Å². The number of hydrogen-bond acceptors (Lipinski definition) is 2. The number of fused-ring (bicyclic) bond motifs is 1. The van der Waals surface area contributed by atoms with E-state index in [1.807, 2.05) is 66.7 Å². The predicted molar refractivity (Wildman–Crippen MR) is 122 cm³/mol. The number of carbonyl (C=O) groups excluding carboxylic acids is 1. The fourth-order valence-electron chi connectivity index (χ4n) is 3.43. The third kappa shape index (κ3) is 4.84. The Morgan fingerprint density at radius 1 is 0.900 bits per heavy atom. The van der Waals surface area contributed by atoms with E-state index in [0.29, 0.717) is 36.0 Å². The second-order valence-electron chi connectivity index (χ2n) is 7.11. The Balaban J connectivity index is 1.49. The molecule has 4 aromatic rings. The number of imidazole rings is 1. The number of benzene rings is 3. The van der Waals surface area contributed by atoms with Crippen molar-refractivity contribution in [2.24, 2.45) is 0 Å². The number of amides is 1. The minimum absolute atomic E-state index is 0.00648. The topological polar surface area (TPSA) is 46.9 Å². The molecule has 1 heterocycles. The van der Waals surface area contributed by atoms with Crippen LogP contribution in [0.1, 0.15) is 23.4 Å². The van der Waals surface area contributed by atoms with Gasteiger partial charge in [0.1, 0.15) is 5.82 Å². The van der Waals surface area contributed by atoms with E-state index >= 15 is 0 Å². The first-order chi connectivity index (χ1) is 14.6. The van der Waals surface area contributed by atoms with Gasteiger partial charge in [0.2, 0.25) is 5.91 Å². The first-order valence-corrected chi connectivity index (χ1v) is 10.5. The molecule has 1 aromatic heterocycles. The molecular weight excluding hydrogens is 417 g/mol. The number of halogens is 2. The summed E-state index contributed by atoms with van der Waals surface area (Å²) in [6, 6.07) is 23.6. The first kappa shape index (κ1) is 20.5. The summed E-state index contributed by atoms with van der Waals surface area (Å²) in [5.41, 5.74) is 4.08. The highest BCUT2D eigenvalue weighted by Gasteiger charge is 2.13. The predicted octanol–water partition coefficient (Wildman–Crippen LogP) is 5.64. The molecule has 0 unspecified atom stereocenters. The van der Waals surface area contributed by atoms with Gasteiger partial charge < -0.3 is 9.88 Å². The minimum Gasteiger partial charge on any atom is -0.349 e. The molecule has 0 aliphatic rings. The van der Waals surface area contributed by atoms with Gasteiger partial charge in [-0.2, -0.15) is 0 Å². The minimum atomic E-state index is 0.00648. The van der Waals surface area contributed by atoms with Gasteiger partial charge in [0.25, 0.3) is 0 Å². The van der Waals surface area contributed by atoms with E-state index in [9.17, 15) is 4.79 Å². The number of hydrogen-bond donors (Lipinski definition) is 1. The van der Waals surface area contributed by atoms with Crippen molar-refractivity contribution < 1.29 is 4.79 Å². The Labute approximate surface area is 185 Å². The number of nitrogens with zero attached hydrogens (tertiary/aromatic N) is 2. The molecule has 152 valence electrons. The monoisotopic (exact) mass is 437 g/mol. The van der Waals surface area contributed by atoms with Crippen LogP contribution >= 0.6 is 23.2 Å². The van der Waals surface area contributed by atoms with Crippen molar-refractivity contribution in [3.05, 3.63) is 99.8 Å². The van der Waals surface area contributed by atoms with Crippen LogP contribution in [0.2, 0.25) is 10.0 Å². The SMILES string of the molecule is O=C(CCc1ccccc1)NCc1nc2ccccc2n1Cc1ccc(Cl)c(Cl)c1. The zero-order chi connectivity index (χ0) is 20.9. The summed E-state index contributed by atoms with van der Waals surface area (Å²) in [5, 5.41) is 4.06. The van der Waals surface area contributed by atoms with Crippen LogP contribution in [0.25, 0.3) is 11.0 Å². The van der Waals surface area contributed by atoms with Crippen LogP contribution in [-0.2, 0) is 24.3 Å². The summed E-state index contributed by atoms with van der Waals surface area (Å²) in [5.74, 6) is 0.808. The molecule has 0 fully saturated rings. The maximum absolute atomic E-state index is 12.4. The molecule has 0 spiro atoms. The second-order valence-corrected chi connectivity index (χ2v) is 7.93. The average molecular weight is 438 g/mol. The van der Waals surface area contributed by atoms with Crippen LogP contribution in [0.5, 0.6) is 0 Å². The summed E-state index contributed by atoms with van der Waals surface area (Å²) in [7, 11) is 0. The summed E-state index contributed by atoms with van der Waals surface area (Å²) in [6.07, 6.45) is 1.16. The lowest BCUT2D eigenvalue weighted by molar-refractivity contribution is -0.121. The maximum atomic E-state index is 12.4. The fraction of sp³-hybridized carbons (Fsp3) is 0.167. The van der Waals surface area contributed by atoms with E-state index in [1.54, 1.807) is 6.07 Å². The molecule has 3 aromatic carbocycles. The van der Waals surface area contributed by atoms with Gasteiger partial charge in [-0.3, -0.25) is 4.79 Å². The van der Waals surface area contributed by atoms with E-state index in [0.717, 1.165) is 28.0 Å². The molecule has 1 amide bonds. The van der Waals surface area contributed by atoms with Crippen LogP contribution in [0, 0.1) is 0 Å². The third-order valence-electron chi connectivity index (χ3n) is 4.99. The van der Waals surface area contributed by atoms with Gasteiger partial charge in [0.15, 0.2) is 0 Å². The zero-order valence-corrected chi connectivity index (χ0v) is 17.8. The molecule has 4 nitrogen and oxygen atoms in total. The zero-order valence-electron chi connectivity index (χ0n) is 16.3. The highest BCUT2D eigenvalue weighted by atomic mass is 35.5. The van der Waals surface area contributed by atoms with Crippen LogP contribution in [0.15, 0.2) is 72.8 Å². The second kappa shape index (κ2) is 9.33. The molecule has 0 aliphatic heterocycles. The van der Waals surface area contributed by atoms with Crippen molar-refractivity contribution in [2.75, 3.05) is 0 Å². The van der Waals surface area contributed by atoms with Crippen molar-refractivity contribution >= 4 is 40.1 Å². The highest BCUT2D eigenvalue weighted by molar-refractivity contribution is 6.42. The molecule has 0 bridgehead atoms. The van der Waals surface area contributed by atoms with E-state index in [2.05, 4.69) is 9.88 Å². The molecule has 6 heteroatoms. The molecule has 0 aliphatic carbocycles. The quantitative estimate of drug-likeness (QED) is 0.406. The number of aromatic nitrogens is 2. The van der Waals surface area contributed by atoms with E-state index in [-0.39, 0.29) is 5.91 Å². The number of para-hydroxylation sites is 2. The number of carbonyl (C=O) groups is 1. The van der Waals surface area contributed by atoms with Crippen LogP contribution in [0.3, 0.4) is 0 Å². The summed E-state index contributed by atoms with van der Waals surface area (Å²) in [6.45, 7) is 0.955. The third-order valence-corrected chi connectivity index (χ3v) is 5.72. The van der Waals surface area contributed by atoms with Gasteiger partial charge >= 0.3 is 0 Å². The largest absolute Gasteiger partial charge is 0.349 e. The molecule has 0 atom stereocenters. The van der Waals surface area contributed by atoms with Crippen LogP contribution in [-0.4, -0.2) is 15.5 Å². The molecular formula is C24H21Cl2N3O. The smallest absolute Gasteiger partial charge is 0.220 e. The molecule has 1 N–H and O–H groups in total. The van der Waals surface area contributed by atoms with Gasteiger partial charge in [-0.15, -0.1) is 0 Å². The maximum Gasteiger partial charge on any atom is 0.220 e. The lowest BCUT2D eigenvalue weighted by atomic mass is 10.1. The average Bonchev–Trinajstić information content (AvgIpc) is 3.11. The Kier molecular flexibility index (Phi) is 6.36. The van der Waals surface area contributed by atoms with Crippen molar-refractivity contribution in [3.63, 3.8) is 0 Å². The number of nitrogens with one attached hydrogen (secondary N) is 1. The van der Waals surface area contributed by atoms with Crippen LogP contribution in [0.4, 0.5) is 0 Å². The summed E-state index contributed by atoms with van der Waals surface area (Å²) >= 11 is 12.2. The van der Waals surface area contributed by atoms with Gasteiger partial charge in [0.05, 0.1) is 27.6 Å². The van der Waals surface area contributed by atoms with Gasteiger partial charge in [-0.25, -0.2) is 4.98 Å². The summed E-state index contributed by atoms with van der Waals surface area (Å²) < 4.78 is 2.10. The summed E-state index contributed by atoms with van der Waals surface area (Å²) in [4.78, 5) is 17.1. The standard InChI is InChI=1S/C24H21Cl2N3O/c25-19-12-10-18(14-20(19)26)16-29-22-9-5-4-8-21(22)28-23(29)15-27-24(30)13-11-17-6-2-1-3-7-17/h1-10,12,14H,11,13,15-16H2,(H,27,30). The van der Waals surface area contributed by atoms with Crippen molar-refractivity contribution in [2.45, 2.75) is 25.9 Å². The first-order valence-electron chi connectivity index (χ1n) is 9.79. The van der Waals surface area contributed by atoms with Crippen molar-refractivity contribution in [1.82, 2.24) is 14.9 Å². The van der Waals surface area contributed by atoms with Gasteiger partial charge in [-0.1, -0.05) is 71.7 Å². The fourth-order valence-corrected chi connectivity index (χ4v) is 3.75. The van der Waals surface area contributed by atoms with E-state index in [1.165, 1.54) is 0 Å². The van der Waals surface area contributed by atoms with Gasteiger partial charge in [0, 0.05) is 13.0 Å². The Hall–Kier alpha value is -2.82. The Morgan fingerprint density at radius 2 is 1.67 bits per heavy atom. The lowest BCUT2D eigenvalue weighted by Crippen LogP contribution is -2.25. The molecule has 30 heavy (non-hydrogen) atoms. The molecule has 0 saturated carbocycles. The molecule has 0 radical (unpaired) electrons. The lowest BCUT2D eigenvalue weighted by Gasteiger charge is -2.11. The van der Waals surface area contributed by atoms with Crippen molar-refractivity contribution in [3.8, 4) is 0 Å².